The van der Waals surface area contributed by atoms with Gasteiger partial charge in [-0.15, -0.1) is 0 Å². The standard InChI is InChI=1S/C21H19N3O3/c25-20(23-18-8-2-4-15-7-3-9-22-19(15)18)16-5-1-6-17(14-16)21(26)24-10-12-27-13-11-24/h1-9,14H,10-13H2,(H,23,25). The fraction of sp³-hybridized carbons (Fsp3) is 0.190. The number of nitrogens with zero attached hydrogens (tertiary/aromatic N) is 2. The average Bonchev–Trinajstić information content (AvgIpc) is 2.74. The molecule has 27 heavy (non-hydrogen) atoms. The normalized spacial score (nSPS) is 14.1. The molecule has 136 valence electrons. The molecular weight excluding hydrogens is 342 g/mol. The Labute approximate surface area is 156 Å². The highest BCUT2D eigenvalue weighted by molar-refractivity contribution is 6.09. The largest absolute Gasteiger partial charge is 0.378 e. The number of para-hydroxylation sites is 1. The topological polar surface area (TPSA) is 71.5 Å². The highest BCUT2D eigenvalue weighted by Gasteiger charge is 2.19. The van der Waals surface area contributed by atoms with E-state index in [-0.39, 0.29) is 11.8 Å². The van der Waals surface area contributed by atoms with Crippen LogP contribution in [0.25, 0.3) is 10.9 Å². The summed E-state index contributed by atoms with van der Waals surface area (Å²) in [6, 6.07) is 16.2. The first-order valence-corrected chi connectivity index (χ1v) is 8.84. The number of fused-ring (bicyclic) bond motifs is 1. The Morgan fingerprint density at radius 2 is 1.70 bits per heavy atom. The molecule has 2 heterocycles. The number of ether oxygens (including phenoxy) is 1. The SMILES string of the molecule is O=C(Nc1cccc2cccnc12)c1cccc(C(=O)N2CCOCC2)c1. The van der Waals surface area contributed by atoms with Crippen molar-refractivity contribution in [1.29, 1.82) is 0 Å². The van der Waals surface area contributed by atoms with Gasteiger partial charge in [0.25, 0.3) is 11.8 Å². The lowest BCUT2D eigenvalue weighted by Gasteiger charge is -2.27. The first-order valence-electron chi connectivity index (χ1n) is 8.84. The molecule has 0 atom stereocenters. The van der Waals surface area contributed by atoms with Gasteiger partial charge in [-0.1, -0.05) is 24.3 Å². The Bertz CT molecular complexity index is 991. The van der Waals surface area contributed by atoms with Crippen molar-refractivity contribution in [3.8, 4) is 0 Å². The van der Waals surface area contributed by atoms with Crippen molar-refractivity contribution < 1.29 is 14.3 Å². The lowest BCUT2D eigenvalue weighted by Crippen LogP contribution is -2.40. The van der Waals surface area contributed by atoms with Gasteiger partial charge in [0.15, 0.2) is 0 Å². The Morgan fingerprint density at radius 1 is 0.963 bits per heavy atom. The number of hydrogen-bond acceptors (Lipinski definition) is 4. The van der Waals surface area contributed by atoms with E-state index in [4.69, 9.17) is 4.74 Å². The highest BCUT2D eigenvalue weighted by atomic mass is 16.5. The maximum absolute atomic E-state index is 12.7. The Hall–Kier alpha value is -3.25. The molecule has 0 radical (unpaired) electrons. The van der Waals surface area contributed by atoms with E-state index in [9.17, 15) is 9.59 Å². The van der Waals surface area contributed by atoms with Gasteiger partial charge >= 0.3 is 0 Å². The van der Waals surface area contributed by atoms with E-state index in [1.54, 1.807) is 35.4 Å². The Kier molecular flexibility index (Phi) is 4.80. The summed E-state index contributed by atoms with van der Waals surface area (Å²) in [6.45, 7) is 2.22. The molecular formula is C21H19N3O3. The van der Waals surface area contributed by atoms with Gasteiger partial charge in [-0.25, -0.2) is 0 Å². The summed E-state index contributed by atoms with van der Waals surface area (Å²) in [5.41, 5.74) is 2.31. The predicted octanol–water partition coefficient (Wildman–Crippen LogP) is 2.96. The first-order chi connectivity index (χ1) is 13.2. The maximum atomic E-state index is 12.7. The van der Waals surface area contributed by atoms with Gasteiger partial charge in [-0.05, 0) is 30.3 Å². The van der Waals surface area contributed by atoms with Crippen LogP contribution in [0.2, 0.25) is 0 Å². The second-order valence-corrected chi connectivity index (χ2v) is 6.32. The number of pyridine rings is 1. The number of carbonyl (C=O) groups is 2. The van der Waals surface area contributed by atoms with Crippen LogP contribution in [0.5, 0.6) is 0 Å². The van der Waals surface area contributed by atoms with E-state index in [2.05, 4.69) is 10.3 Å². The lowest BCUT2D eigenvalue weighted by atomic mass is 10.1. The van der Waals surface area contributed by atoms with Crippen LogP contribution < -0.4 is 5.32 Å². The maximum Gasteiger partial charge on any atom is 0.255 e. The van der Waals surface area contributed by atoms with Crippen molar-refractivity contribution in [2.24, 2.45) is 0 Å². The summed E-state index contributed by atoms with van der Waals surface area (Å²) >= 11 is 0. The van der Waals surface area contributed by atoms with E-state index >= 15 is 0 Å². The minimum Gasteiger partial charge on any atom is -0.378 e. The molecule has 1 saturated heterocycles. The molecule has 1 aliphatic rings. The van der Waals surface area contributed by atoms with E-state index < -0.39 is 0 Å². The summed E-state index contributed by atoms with van der Waals surface area (Å²) < 4.78 is 5.29. The lowest BCUT2D eigenvalue weighted by molar-refractivity contribution is 0.0303. The van der Waals surface area contributed by atoms with E-state index in [1.807, 2.05) is 30.3 Å². The fourth-order valence-corrected chi connectivity index (χ4v) is 3.14. The Balaban J connectivity index is 1.56. The van der Waals surface area contributed by atoms with Crippen LogP contribution in [-0.2, 0) is 4.74 Å². The molecule has 1 aliphatic heterocycles. The third kappa shape index (κ3) is 3.66. The van der Waals surface area contributed by atoms with Crippen molar-refractivity contribution >= 4 is 28.4 Å². The van der Waals surface area contributed by atoms with Crippen LogP contribution in [0.3, 0.4) is 0 Å². The molecule has 1 aromatic heterocycles. The highest BCUT2D eigenvalue weighted by Crippen LogP contribution is 2.21. The van der Waals surface area contributed by atoms with Crippen molar-refractivity contribution in [2.45, 2.75) is 0 Å². The number of hydrogen-bond donors (Lipinski definition) is 1. The number of amides is 2. The number of carbonyl (C=O) groups excluding carboxylic acids is 2. The zero-order chi connectivity index (χ0) is 18.6. The molecule has 6 heteroatoms. The summed E-state index contributed by atoms with van der Waals surface area (Å²) in [4.78, 5) is 31.5. The van der Waals surface area contributed by atoms with Crippen LogP contribution in [0.1, 0.15) is 20.7 Å². The molecule has 2 aromatic carbocycles. The van der Waals surface area contributed by atoms with Crippen LogP contribution in [0.4, 0.5) is 5.69 Å². The Morgan fingerprint density at radius 3 is 2.56 bits per heavy atom. The van der Waals surface area contributed by atoms with Gasteiger partial charge in [0.1, 0.15) is 0 Å². The molecule has 0 unspecified atom stereocenters. The first kappa shape index (κ1) is 17.2. The van der Waals surface area contributed by atoms with Crippen molar-refractivity contribution in [2.75, 3.05) is 31.6 Å². The average molecular weight is 361 g/mol. The third-order valence-electron chi connectivity index (χ3n) is 4.55. The summed E-state index contributed by atoms with van der Waals surface area (Å²) in [5.74, 6) is -0.357. The summed E-state index contributed by atoms with van der Waals surface area (Å²) in [5, 5.41) is 3.85. The quantitative estimate of drug-likeness (QED) is 0.779. The van der Waals surface area contributed by atoms with E-state index in [1.165, 1.54) is 0 Å². The van der Waals surface area contributed by atoms with E-state index in [0.29, 0.717) is 43.1 Å². The van der Waals surface area contributed by atoms with Crippen molar-refractivity contribution in [1.82, 2.24) is 9.88 Å². The third-order valence-corrected chi connectivity index (χ3v) is 4.55. The van der Waals surface area contributed by atoms with Crippen molar-refractivity contribution in [3.63, 3.8) is 0 Å². The zero-order valence-corrected chi connectivity index (χ0v) is 14.7. The molecule has 0 bridgehead atoms. The molecule has 2 amide bonds. The van der Waals surface area contributed by atoms with Gasteiger partial charge < -0.3 is 15.0 Å². The molecule has 0 saturated carbocycles. The molecule has 1 N–H and O–H groups in total. The van der Waals surface area contributed by atoms with Crippen LogP contribution in [0, 0.1) is 0 Å². The monoisotopic (exact) mass is 361 g/mol. The van der Waals surface area contributed by atoms with Gasteiger partial charge in [-0.2, -0.15) is 0 Å². The molecule has 0 aliphatic carbocycles. The van der Waals surface area contributed by atoms with Crippen LogP contribution >= 0.6 is 0 Å². The second-order valence-electron chi connectivity index (χ2n) is 6.32. The number of aromatic nitrogens is 1. The molecule has 1 fully saturated rings. The van der Waals surface area contributed by atoms with Crippen molar-refractivity contribution in [3.05, 3.63) is 71.9 Å². The van der Waals surface area contributed by atoms with Gasteiger partial charge in [0.05, 0.1) is 24.4 Å². The summed E-state index contributed by atoms with van der Waals surface area (Å²) in [6.07, 6.45) is 1.69. The summed E-state index contributed by atoms with van der Waals surface area (Å²) in [7, 11) is 0. The van der Waals surface area contributed by atoms with E-state index in [0.717, 1.165) is 10.9 Å². The molecule has 6 nitrogen and oxygen atoms in total. The molecule has 3 aromatic rings. The number of anilines is 1. The minimum atomic E-state index is -0.273. The van der Waals surface area contributed by atoms with Crippen LogP contribution in [0.15, 0.2) is 60.8 Å². The predicted molar refractivity (Wildman–Crippen MR) is 103 cm³/mol. The van der Waals surface area contributed by atoms with Gasteiger partial charge in [0.2, 0.25) is 0 Å². The smallest absolute Gasteiger partial charge is 0.255 e. The van der Waals surface area contributed by atoms with Crippen LogP contribution in [-0.4, -0.2) is 48.0 Å². The molecule has 0 spiro atoms. The second kappa shape index (κ2) is 7.55. The van der Waals surface area contributed by atoms with Gasteiger partial charge in [0, 0.05) is 35.8 Å². The number of nitrogens with one attached hydrogen (secondary N) is 1. The minimum absolute atomic E-state index is 0.0835. The van der Waals surface area contributed by atoms with Gasteiger partial charge in [-0.3, -0.25) is 14.6 Å². The zero-order valence-electron chi connectivity index (χ0n) is 14.7. The molecule has 4 rings (SSSR count). The number of benzene rings is 2. The number of morpholine rings is 1. The fourth-order valence-electron chi connectivity index (χ4n) is 3.14. The number of rotatable bonds is 3.